The quantitative estimate of drug-likeness (QED) is 0.812. The van der Waals surface area contributed by atoms with Crippen molar-refractivity contribution in [2.24, 2.45) is 0 Å². The van der Waals surface area contributed by atoms with Crippen molar-refractivity contribution in [1.82, 2.24) is 4.90 Å². The first kappa shape index (κ1) is 12.1. The van der Waals surface area contributed by atoms with Gasteiger partial charge < -0.3 is 10.2 Å². The molecule has 0 spiro atoms. The molecule has 0 aromatic heterocycles. The van der Waals surface area contributed by atoms with Gasteiger partial charge in [0.2, 0.25) is 0 Å². The van der Waals surface area contributed by atoms with Crippen LogP contribution in [0.1, 0.15) is 30.1 Å². The van der Waals surface area contributed by atoms with Crippen LogP contribution in [0, 0.1) is 0 Å². The lowest BCUT2D eigenvalue weighted by Gasteiger charge is -2.30. The van der Waals surface area contributed by atoms with Gasteiger partial charge in [-0.15, -0.1) is 0 Å². The fourth-order valence-electron chi connectivity index (χ4n) is 2.32. The zero-order valence-electron chi connectivity index (χ0n) is 10.6. The molecule has 1 aliphatic rings. The molecule has 1 atom stereocenters. The summed E-state index contributed by atoms with van der Waals surface area (Å²) in [6.07, 6.45) is 2.47. The first-order valence-electron chi connectivity index (χ1n) is 6.21. The van der Waals surface area contributed by atoms with Gasteiger partial charge in [0, 0.05) is 23.8 Å². The summed E-state index contributed by atoms with van der Waals surface area (Å²) in [5.41, 5.74) is 1.88. The van der Waals surface area contributed by atoms with Gasteiger partial charge in [-0.05, 0) is 57.6 Å². The smallest absolute Gasteiger partial charge is 0.159 e. The first-order chi connectivity index (χ1) is 8.15. The number of hydrogen-bond donors (Lipinski definition) is 1. The summed E-state index contributed by atoms with van der Waals surface area (Å²) in [6.45, 7) is 3.88. The molecular formula is C14H20N2O. The lowest BCUT2D eigenvalue weighted by atomic mass is 10.1. The second-order valence-corrected chi connectivity index (χ2v) is 4.88. The number of carbonyl (C=O) groups is 1. The highest BCUT2D eigenvalue weighted by atomic mass is 16.1. The van der Waals surface area contributed by atoms with Crippen molar-refractivity contribution in [1.29, 1.82) is 0 Å². The summed E-state index contributed by atoms with van der Waals surface area (Å²) >= 11 is 0. The maximum absolute atomic E-state index is 11.2. The van der Waals surface area contributed by atoms with E-state index in [-0.39, 0.29) is 5.78 Å². The molecule has 0 amide bonds. The Hall–Kier alpha value is -1.35. The SMILES string of the molecule is CC(=O)c1ccc(NC2CCCN(C)C2)cc1. The van der Waals surface area contributed by atoms with Crippen LogP contribution in [0.3, 0.4) is 0 Å². The number of piperidine rings is 1. The number of likely N-dealkylation sites (tertiary alicyclic amines) is 1. The van der Waals surface area contributed by atoms with Crippen molar-refractivity contribution in [3.8, 4) is 0 Å². The van der Waals surface area contributed by atoms with Crippen molar-refractivity contribution in [3.63, 3.8) is 0 Å². The van der Waals surface area contributed by atoms with E-state index in [9.17, 15) is 4.79 Å². The summed E-state index contributed by atoms with van der Waals surface area (Å²) in [7, 11) is 2.16. The molecule has 0 radical (unpaired) electrons. The Morgan fingerprint density at radius 3 is 2.65 bits per heavy atom. The number of nitrogens with one attached hydrogen (secondary N) is 1. The Labute approximate surface area is 103 Å². The van der Waals surface area contributed by atoms with Crippen LogP contribution >= 0.6 is 0 Å². The summed E-state index contributed by atoms with van der Waals surface area (Å²) in [4.78, 5) is 13.5. The maximum atomic E-state index is 11.2. The molecule has 1 unspecified atom stereocenters. The maximum Gasteiger partial charge on any atom is 0.159 e. The molecule has 2 rings (SSSR count). The van der Waals surface area contributed by atoms with Crippen molar-refractivity contribution >= 4 is 11.5 Å². The van der Waals surface area contributed by atoms with E-state index in [0.717, 1.165) is 17.8 Å². The standard InChI is InChI=1S/C14H20N2O/c1-11(17)12-5-7-13(8-6-12)15-14-4-3-9-16(2)10-14/h5-8,14-15H,3-4,9-10H2,1-2H3. The predicted octanol–water partition coefficient (Wildman–Crippen LogP) is 2.40. The molecule has 0 aliphatic carbocycles. The van der Waals surface area contributed by atoms with E-state index in [4.69, 9.17) is 0 Å². The number of ketones is 1. The largest absolute Gasteiger partial charge is 0.381 e. The first-order valence-corrected chi connectivity index (χ1v) is 6.21. The fraction of sp³-hybridized carbons (Fsp3) is 0.500. The molecule has 92 valence electrons. The highest BCUT2D eigenvalue weighted by Gasteiger charge is 2.16. The molecule has 0 saturated carbocycles. The summed E-state index contributed by atoms with van der Waals surface area (Å²) in [5, 5.41) is 3.52. The molecule has 1 aliphatic heterocycles. The Kier molecular flexibility index (Phi) is 3.79. The number of anilines is 1. The van der Waals surface area contributed by atoms with Gasteiger partial charge >= 0.3 is 0 Å². The Morgan fingerprint density at radius 1 is 1.35 bits per heavy atom. The molecule has 1 aromatic carbocycles. The van der Waals surface area contributed by atoms with Gasteiger partial charge in [-0.25, -0.2) is 0 Å². The van der Waals surface area contributed by atoms with Gasteiger partial charge in [0.1, 0.15) is 0 Å². The molecule has 1 aromatic rings. The second kappa shape index (κ2) is 5.32. The van der Waals surface area contributed by atoms with Crippen LogP contribution in [-0.4, -0.2) is 36.9 Å². The molecule has 3 nitrogen and oxygen atoms in total. The number of hydrogen-bond acceptors (Lipinski definition) is 3. The average molecular weight is 232 g/mol. The Balaban J connectivity index is 1.96. The minimum absolute atomic E-state index is 0.119. The number of nitrogens with zero attached hydrogens (tertiary/aromatic N) is 1. The van der Waals surface area contributed by atoms with E-state index in [0.29, 0.717) is 6.04 Å². The van der Waals surface area contributed by atoms with E-state index in [2.05, 4.69) is 17.3 Å². The van der Waals surface area contributed by atoms with Crippen LogP contribution in [0.15, 0.2) is 24.3 Å². The predicted molar refractivity (Wildman–Crippen MR) is 70.6 cm³/mol. The van der Waals surface area contributed by atoms with Crippen LogP contribution in [0.5, 0.6) is 0 Å². The zero-order chi connectivity index (χ0) is 12.3. The zero-order valence-corrected chi connectivity index (χ0v) is 10.6. The summed E-state index contributed by atoms with van der Waals surface area (Å²) in [5.74, 6) is 0.119. The van der Waals surface area contributed by atoms with Crippen LogP contribution in [0.2, 0.25) is 0 Å². The van der Waals surface area contributed by atoms with Crippen LogP contribution < -0.4 is 5.32 Å². The molecule has 0 bridgehead atoms. The van der Waals surface area contributed by atoms with Gasteiger partial charge in [-0.1, -0.05) is 0 Å². The molecule has 3 heteroatoms. The molecular weight excluding hydrogens is 212 g/mol. The van der Waals surface area contributed by atoms with Crippen molar-refractivity contribution in [2.75, 3.05) is 25.5 Å². The van der Waals surface area contributed by atoms with E-state index in [1.54, 1.807) is 6.92 Å². The highest BCUT2D eigenvalue weighted by Crippen LogP contribution is 2.16. The van der Waals surface area contributed by atoms with Gasteiger partial charge in [0.25, 0.3) is 0 Å². The molecule has 1 saturated heterocycles. The third-order valence-corrected chi connectivity index (χ3v) is 3.29. The topological polar surface area (TPSA) is 32.3 Å². The van der Waals surface area contributed by atoms with Gasteiger partial charge in [0.15, 0.2) is 5.78 Å². The monoisotopic (exact) mass is 232 g/mol. The Bertz CT molecular complexity index is 386. The normalized spacial score (nSPS) is 21.2. The van der Waals surface area contributed by atoms with Crippen molar-refractivity contribution in [2.45, 2.75) is 25.8 Å². The number of rotatable bonds is 3. The van der Waals surface area contributed by atoms with E-state index < -0.39 is 0 Å². The summed E-state index contributed by atoms with van der Waals surface area (Å²) in [6, 6.07) is 8.28. The van der Waals surface area contributed by atoms with Gasteiger partial charge in [-0.3, -0.25) is 4.79 Å². The van der Waals surface area contributed by atoms with E-state index in [1.165, 1.54) is 19.4 Å². The number of Topliss-reactive ketones (excluding diaryl/α,β-unsaturated/α-hetero) is 1. The molecule has 1 heterocycles. The lowest BCUT2D eigenvalue weighted by molar-refractivity contribution is 0.101. The second-order valence-electron chi connectivity index (χ2n) is 4.88. The van der Waals surface area contributed by atoms with E-state index >= 15 is 0 Å². The van der Waals surface area contributed by atoms with E-state index in [1.807, 2.05) is 24.3 Å². The lowest BCUT2D eigenvalue weighted by Crippen LogP contribution is -2.39. The highest BCUT2D eigenvalue weighted by molar-refractivity contribution is 5.94. The summed E-state index contributed by atoms with van der Waals surface area (Å²) < 4.78 is 0. The fourth-order valence-corrected chi connectivity index (χ4v) is 2.32. The molecule has 17 heavy (non-hydrogen) atoms. The minimum Gasteiger partial charge on any atom is -0.381 e. The Morgan fingerprint density at radius 2 is 2.06 bits per heavy atom. The van der Waals surface area contributed by atoms with Crippen LogP contribution in [0.4, 0.5) is 5.69 Å². The average Bonchev–Trinajstić information content (AvgIpc) is 2.29. The number of benzene rings is 1. The van der Waals surface area contributed by atoms with Gasteiger partial charge in [-0.2, -0.15) is 0 Å². The van der Waals surface area contributed by atoms with Crippen molar-refractivity contribution in [3.05, 3.63) is 29.8 Å². The number of carbonyl (C=O) groups excluding carboxylic acids is 1. The van der Waals surface area contributed by atoms with Crippen LogP contribution in [-0.2, 0) is 0 Å². The number of likely N-dealkylation sites (N-methyl/N-ethyl adjacent to an activating group) is 1. The van der Waals surface area contributed by atoms with Crippen LogP contribution in [0.25, 0.3) is 0 Å². The third-order valence-electron chi connectivity index (χ3n) is 3.29. The third kappa shape index (κ3) is 3.30. The van der Waals surface area contributed by atoms with Gasteiger partial charge in [0.05, 0.1) is 0 Å². The van der Waals surface area contributed by atoms with Crippen molar-refractivity contribution < 1.29 is 4.79 Å². The molecule has 1 fully saturated rings. The minimum atomic E-state index is 0.119. The molecule has 1 N–H and O–H groups in total.